The predicted octanol–water partition coefficient (Wildman–Crippen LogP) is 1.43. The lowest BCUT2D eigenvalue weighted by molar-refractivity contribution is -0.138. The van der Waals surface area contributed by atoms with Crippen LogP contribution in [0.2, 0.25) is 0 Å². The molecule has 0 radical (unpaired) electrons. The van der Waals surface area contributed by atoms with Crippen LogP contribution in [0.15, 0.2) is 40.7 Å². The summed E-state index contributed by atoms with van der Waals surface area (Å²) in [6.45, 7) is 1.68. The van der Waals surface area contributed by atoms with Crippen LogP contribution in [0.25, 0.3) is 0 Å². The van der Waals surface area contributed by atoms with Crippen LogP contribution in [0.4, 0.5) is 0 Å². The van der Waals surface area contributed by atoms with Crippen LogP contribution < -0.4 is 4.72 Å². The molecule has 6 nitrogen and oxygen atoms in total. The van der Waals surface area contributed by atoms with Gasteiger partial charge in [-0.3, -0.25) is 4.79 Å². The highest BCUT2D eigenvalue weighted by molar-refractivity contribution is 7.91. The minimum absolute atomic E-state index is 0.0133. The van der Waals surface area contributed by atoms with Gasteiger partial charge in [-0.1, -0.05) is 30.3 Å². The molecule has 1 atom stereocenters. The number of carboxylic acids is 1. The molecule has 0 saturated carbocycles. The summed E-state index contributed by atoms with van der Waals surface area (Å²) < 4.78 is 26.5. The molecule has 0 aliphatic carbocycles. The summed E-state index contributed by atoms with van der Waals surface area (Å²) in [5.41, 5.74) is 0.744. The van der Waals surface area contributed by atoms with E-state index in [-0.39, 0.29) is 10.6 Å². The maximum absolute atomic E-state index is 12.1. The molecule has 1 aromatic carbocycles. The fourth-order valence-electron chi connectivity index (χ4n) is 1.74. The quantitative estimate of drug-likeness (QED) is 0.837. The first-order valence-corrected chi connectivity index (χ1v) is 8.40. The highest BCUT2D eigenvalue weighted by Crippen LogP contribution is 2.18. The second kappa shape index (κ2) is 6.33. The molecule has 0 fully saturated rings. The lowest BCUT2D eigenvalue weighted by atomic mass is 10.1. The zero-order chi connectivity index (χ0) is 15.5. The van der Waals surface area contributed by atoms with Gasteiger partial charge < -0.3 is 5.11 Å². The Labute approximate surface area is 126 Å². The summed E-state index contributed by atoms with van der Waals surface area (Å²) >= 11 is 1.00. The van der Waals surface area contributed by atoms with E-state index in [1.165, 1.54) is 6.20 Å². The van der Waals surface area contributed by atoms with Crippen molar-refractivity contribution in [1.82, 2.24) is 9.71 Å². The Morgan fingerprint density at radius 3 is 2.57 bits per heavy atom. The number of hydrogen-bond acceptors (Lipinski definition) is 5. The van der Waals surface area contributed by atoms with E-state index in [0.717, 1.165) is 16.9 Å². The van der Waals surface area contributed by atoms with Crippen molar-refractivity contribution in [2.45, 2.75) is 23.6 Å². The van der Waals surface area contributed by atoms with Crippen molar-refractivity contribution >= 4 is 27.3 Å². The van der Waals surface area contributed by atoms with Crippen molar-refractivity contribution in [2.75, 3.05) is 0 Å². The SMILES string of the molecule is Cc1ncc(S(=O)(=O)N[C@@H](Cc2ccccc2)C(=O)O)s1. The molecular formula is C13H14N2O4S2. The molecule has 21 heavy (non-hydrogen) atoms. The van der Waals surface area contributed by atoms with E-state index in [2.05, 4.69) is 9.71 Å². The van der Waals surface area contributed by atoms with Crippen LogP contribution in [0.3, 0.4) is 0 Å². The number of thiazole rings is 1. The second-order valence-corrected chi connectivity index (χ2v) is 7.58. The molecule has 2 rings (SSSR count). The van der Waals surface area contributed by atoms with Crippen molar-refractivity contribution in [2.24, 2.45) is 0 Å². The van der Waals surface area contributed by atoms with Crippen LogP contribution in [0.1, 0.15) is 10.6 Å². The van der Waals surface area contributed by atoms with Crippen LogP contribution in [-0.2, 0) is 21.2 Å². The van der Waals surface area contributed by atoms with Gasteiger partial charge in [0.05, 0.1) is 11.2 Å². The standard InChI is InChI=1S/C13H14N2O4S2/c1-9-14-8-12(20-9)21(18,19)15-11(13(16)17)7-10-5-3-2-4-6-10/h2-6,8,11,15H,7H2,1H3,(H,16,17)/t11-/m0/s1. The number of carbonyl (C=O) groups is 1. The number of aliphatic carboxylic acids is 1. The van der Waals surface area contributed by atoms with E-state index < -0.39 is 22.0 Å². The number of sulfonamides is 1. The van der Waals surface area contributed by atoms with Gasteiger partial charge in [-0.15, -0.1) is 11.3 Å². The number of nitrogens with zero attached hydrogens (tertiary/aromatic N) is 1. The number of aryl methyl sites for hydroxylation is 1. The number of carboxylic acid groups (broad SMARTS) is 1. The average Bonchev–Trinajstić information content (AvgIpc) is 2.86. The fourth-order valence-corrected chi connectivity index (χ4v) is 4.05. The van der Waals surface area contributed by atoms with Crippen LogP contribution in [-0.4, -0.2) is 30.5 Å². The van der Waals surface area contributed by atoms with E-state index in [1.807, 2.05) is 6.07 Å². The van der Waals surface area contributed by atoms with Crippen molar-refractivity contribution in [3.05, 3.63) is 47.1 Å². The molecule has 0 bridgehead atoms. The summed E-state index contributed by atoms with van der Waals surface area (Å²) in [5, 5.41) is 9.81. The number of hydrogen-bond donors (Lipinski definition) is 2. The predicted molar refractivity (Wildman–Crippen MR) is 78.7 cm³/mol. The molecule has 1 heterocycles. The van der Waals surface area contributed by atoms with Crippen molar-refractivity contribution < 1.29 is 18.3 Å². The molecule has 0 aliphatic rings. The fraction of sp³-hybridized carbons (Fsp3) is 0.231. The van der Waals surface area contributed by atoms with Gasteiger partial charge in [-0.2, -0.15) is 4.72 Å². The van der Waals surface area contributed by atoms with Crippen LogP contribution >= 0.6 is 11.3 Å². The van der Waals surface area contributed by atoms with Gasteiger partial charge in [0, 0.05) is 0 Å². The molecule has 0 spiro atoms. The summed E-state index contributed by atoms with van der Waals surface area (Å²) in [5.74, 6) is -1.22. The molecule has 0 unspecified atom stereocenters. The third kappa shape index (κ3) is 4.10. The minimum atomic E-state index is -3.88. The van der Waals surface area contributed by atoms with Gasteiger partial charge >= 0.3 is 5.97 Å². The summed E-state index contributed by atoms with van der Waals surface area (Å²) in [6, 6.07) is 7.64. The Kier molecular flexibility index (Phi) is 4.71. The second-order valence-electron chi connectivity index (χ2n) is 4.40. The maximum atomic E-state index is 12.1. The topological polar surface area (TPSA) is 96.4 Å². The first kappa shape index (κ1) is 15.6. The molecule has 2 N–H and O–H groups in total. The highest BCUT2D eigenvalue weighted by Gasteiger charge is 2.26. The Morgan fingerprint density at radius 2 is 2.05 bits per heavy atom. The van der Waals surface area contributed by atoms with Crippen LogP contribution in [0, 0.1) is 6.92 Å². The van der Waals surface area contributed by atoms with Gasteiger partial charge in [0.1, 0.15) is 6.04 Å². The molecule has 112 valence electrons. The third-order valence-electron chi connectivity index (χ3n) is 2.74. The van der Waals surface area contributed by atoms with E-state index in [1.54, 1.807) is 31.2 Å². The molecule has 8 heteroatoms. The highest BCUT2D eigenvalue weighted by atomic mass is 32.2. The lowest BCUT2D eigenvalue weighted by Crippen LogP contribution is -2.42. The van der Waals surface area contributed by atoms with E-state index in [4.69, 9.17) is 0 Å². The van der Waals surface area contributed by atoms with Crippen molar-refractivity contribution in [1.29, 1.82) is 0 Å². The van der Waals surface area contributed by atoms with Gasteiger partial charge in [0.25, 0.3) is 10.0 Å². The number of rotatable bonds is 6. The number of aromatic nitrogens is 1. The van der Waals surface area contributed by atoms with E-state index >= 15 is 0 Å². The van der Waals surface area contributed by atoms with E-state index in [0.29, 0.717) is 5.01 Å². The maximum Gasteiger partial charge on any atom is 0.322 e. The van der Waals surface area contributed by atoms with Crippen molar-refractivity contribution in [3.63, 3.8) is 0 Å². The summed E-state index contributed by atoms with van der Waals surface area (Å²) in [4.78, 5) is 15.1. The van der Waals surface area contributed by atoms with Gasteiger partial charge in [-0.05, 0) is 18.9 Å². The Balaban J connectivity index is 2.18. The number of benzene rings is 1. The first-order chi connectivity index (χ1) is 9.88. The third-order valence-corrected chi connectivity index (χ3v) is 5.59. The molecule has 0 saturated heterocycles. The zero-order valence-electron chi connectivity index (χ0n) is 11.2. The summed E-state index contributed by atoms with van der Waals surface area (Å²) in [7, 11) is -3.88. The Hall–Kier alpha value is -1.77. The average molecular weight is 326 g/mol. The smallest absolute Gasteiger partial charge is 0.322 e. The number of nitrogens with one attached hydrogen (secondary N) is 1. The van der Waals surface area contributed by atoms with Gasteiger partial charge in [0.2, 0.25) is 0 Å². The molecular weight excluding hydrogens is 312 g/mol. The Bertz CT molecular complexity index is 726. The normalized spacial score (nSPS) is 13.0. The molecule has 1 aromatic heterocycles. The molecule has 2 aromatic rings. The van der Waals surface area contributed by atoms with Crippen molar-refractivity contribution in [3.8, 4) is 0 Å². The van der Waals surface area contributed by atoms with Crippen LogP contribution in [0.5, 0.6) is 0 Å². The summed E-state index contributed by atoms with van der Waals surface area (Å²) in [6.07, 6.45) is 1.30. The Morgan fingerprint density at radius 1 is 1.38 bits per heavy atom. The monoisotopic (exact) mass is 326 g/mol. The van der Waals surface area contributed by atoms with E-state index in [9.17, 15) is 18.3 Å². The first-order valence-electron chi connectivity index (χ1n) is 6.10. The molecule has 0 amide bonds. The lowest BCUT2D eigenvalue weighted by Gasteiger charge is -2.13. The van der Waals surface area contributed by atoms with Gasteiger partial charge in [0.15, 0.2) is 4.21 Å². The largest absolute Gasteiger partial charge is 0.480 e. The minimum Gasteiger partial charge on any atom is -0.480 e. The molecule has 0 aliphatic heterocycles. The van der Waals surface area contributed by atoms with Gasteiger partial charge in [-0.25, -0.2) is 13.4 Å². The zero-order valence-corrected chi connectivity index (χ0v) is 12.8.